The molecule has 96 valence electrons. The van der Waals surface area contributed by atoms with E-state index in [0.29, 0.717) is 0 Å². The predicted octanol–water partition coefficient (Wildman–Crippen LogP) is 2.64. The van der Waals surface area contributed by atoms with E-state index in [1.165, 1.54) is 17.8 Å². The lowest BCUT2D eigenvalue weighted by molar-refractivity contribution is 0.0932. The van der Waals surface area contributed by atoms with E-state index in [2.05, 4.69) is 16.4 Å². The summed E-state index contributed by atoms with van der Waals surface area (Å²) in [6, 6.07) is 9.38. The summed E-state index contributed by atoms with van der Waals surface area (Å²) in [7, 11) is 0. The van der Waals surface area contributed by atoms with E-state index in [4.69, 9.17) is 0 Å². The smallest absolute Gasteiger partial charge is 0.254 e. The topological polar surface area (TPSA) is 42.0 Å². The van der Waals surface area contributed by atoms with E-state index in [1.54, 1.807) is 0 Å². The van der Waals surface area contributed by atoms with Crippen LogP contribution in [0, 0.1) is 5.82 Å². The standard InChI is InChI=1S/C15H13FN2O/c16-13-9-17-8-7-12(13)15(19)18-14-6-5-10-3-1-2-4-11(10)14/h1-4,7-9,14H,5-6H2,(H,18,19). The van der Waals surface area contributed by atoms with Gasteiger partial charge in [0.05, 0.1) is 17.8 Å². The van der Waals surface area contributed by atoms with Crippen LogP contribution in [-0.2, 0) is 6.42 Å². The van der Waals surface area contributed by atoms with E-state index in [9.17, 15) is 9.18 Å². The zero-order valence-corrected chi connectivity index (χ0v) is 10.3. The van der Waals surface area contributed by atoms with Gasteiger partial charge in [-0.25, -0.2) is 4.39 Å². The molecule has 0 radical (unpaired) electrons. The average Bonchev–Trinajstić information content (AvgIpc) is 2.83. The molecular formula is C15H13FN2O. The first-order chi connectivity index (χ1) is 9.25. The summed E-state index contributed by atoms with van der Waals surface area (Å²) < 4.78 is 13.5. The lowest BCUT2D eigenvalue weighted by atomic mass is 10.1. The molecule has 0 saturated carbocycles. The Morgan fingerprint density at radius 1 is 1.32 bits per heavy atom. The van der Waals surface area contributed by atoms with Gasteiger partial charge < -0.3 is 5.32 Å². The molecule has 2 aromatic rings. The summed E-state index contributed by atoms with van der Waals surface area (Å²) in [5.74, 6) is -0.979. The zero-order valence-electron chi connectivity index (χ0n) is 10.3. The maximum absolute atomic E-state index is 13.5. The largest absolute Gasteiger partial charge is 0.345 e. The molecule has 1 aliphatic carbocycles. The Kier molecular flexibility index (Phi) is 2.99. The molecule has 1 aliphatic rings. The molecule has 1 atom stereocenters. The fraction of sp³-hybridized carbons (Fsp3) is 0.200. The van der Waals surface area contributed by atoms with Crippen molar-refractivity contribution in [3.05, 3.63) is 65.2 Å². The first-order valence-electron chi connectivity index (χ1n) is 6.24. The second-order valence-electron chi connectivity index (χ2n) is 4.62. The van der Waals surface area contributed by atoms with Crippen molar-refractivity contribution in [1.29, 1.82) is 0 Å². The highest BCUT2D eigenvalue weighted by molar-refractivity contribution is 5.94. The SMILES string of the molecule is O=C(NC1CCc2ccccc21)c1ccncc1F. The summed E-state index contributed by atoms with van der Waals surface area (Å²) >= 11 is 0. The Morgan fingerprint density at radius 2 is 2.16 bits per heavy atom. The van der Waals surface area contributed by atoms with Crippen LogP contribution in [0.25, 0.3) is 0 Å². The summed E-state index contributed by atoms with van der Waals surface area (Å²) in [5.41, 5.74) is 2.42. The average molecular weight is 256 g/mol. The predicted molar refractivity (Wildman–Crippen MR) is 69.2 cm³/mol. The number of hydrogen-bond acceptors (Lipinski definition) is 2. The van der Waals surface area contributed by atoms with Crippen LogP contribution in [0.1, 0.15) is 33.9 Å². The Hall–Kier alpha value is -2.23. The first kappa shape index (κ1) is 11.8. The molecule has 1 amide bonds. The second-order valence-corrected chi connectivity index (χ2v) is 4.62. The van der Waals surface area contributed by atoms with E-state index >= 15 is 0 Å². The van der Waals surface area contributed by atoms with Gasteiger partial charge in [-0.05, 0) is 30.0 Å². The fourth-order valence-corrected chi connectivity index (χ4v) is 2.50. The molecular weight excluding hydrogens is 243 g/mol. The van der Waals surface area contributed by atoms with Gasteiger partial charge in [-0.15, -0.1) is 0 Å². The number of rotatable bonds is 2. The molecule has 1 aromatic heterocycles. The number of nitrogens with zero attached hydrogens (tertiary/aromatic N) is 1. The molecule has 1 unspecified atom stereocenters. The lowest BCUT2D eigenvalue weighted by Gasteiger charge is -2.14. The molecule has 0 aliphatic heterocycles. The van der Waals surface area contributed by atoms with Crippen LogP contribution in [0.2, 0.25) is 0 Å². The normalized spacial score (nSPS) is 17.0. The monoisotopic (exact) mass is 256 g/mol. The zero-order chi connectivity index (χ0) is 13.2. The minimum Gasteiger partial charge on any atom is -0.345 e. The molecule has 1 aromatic carbocycles. The van der Waals surface area contributed by atoms with Crippen LogP contribution in [-0.4, -0.2) is 10.9 Å². The van der Waals surface area contributed by atoms with Gasteiger partial charge in [0.1, 0.15) is 0 Å². The molecule has 0 fully saturated rings. The Balaban J connectivity index is 1.81. The van der Waals surface area contributed by atoms with Gasteiger partial charge in [-0.2, -0.15) is 0 Å². The number of nitrogens with one attached hydrogen (secondary N) is 1. The van der Waals surface area contributed by atoms with Gasteiger partial charge in [0, 0.05) is 6.20 Å². The summed E-state index contributed by atoms with van der Waals surface area (Å²) in [6.07, 6.45) is 4.27. The molecule has 3 nitrogen and oxygen atoms in total. The number of pyridine rings is 1. The van der Waals surface area contributed by atoms with Gasteiger partial charge in [0.2, 0.25) is 0 Å². The minimum atomic E-state index is -0.591. The molecule has 1 heterocycles. The number of aromatic nitrogens is 1. The maximum Gasteiger partial charge on any atom is 0.254 e. The first-order valence-corrected chi connectivity index (χ1v) is 6.24. The van der Waals surface area contributed by atoms with E-state index in [-0.39, 0.29) is 17.5 Å². The highest BCUT2D eigenvalue weighted by Crippen LogP contribution is 2.30. The summed E-state index contributed by atoms with van der Waals surface area (Å²) in [5, 5.41) is 2.89. The van der Waals surface area contributed by atoms with E-state index in [0.717, 1.165) is 24.6 Å². The van der Waals surface area contributed by atoms with Crippen molar-refractivity contribution in [3.8, 4) is 0 Å². The summed E-state index contributed by atoms with van der Waals surface area (Å²) in [6.45, 7) is 0. The molecule has 1 N–H and O–H groups in total. The van der Waals surface area contributed by atoms with Crippen molar-refractivity contribution in [2.24, 2.45) is 0 Å². The fourth-order valence-electron chi connectivity index (χ4n) is 2.50. The molecule has 4 heteroatoms. The van der Waals surface area contributed by atoms with Gasteiger partial charge in [-0.3, -0.25) is 9.78 Å². The number of fused-ring (bicyclic) bond motifs is 1. The van der Waals surface area contributed by atoms with Gasteiger partial charge in [-0.1, -0.05) is 24.3 Å². The number of amides is 1. The van der Waals surface area contributed by atoms with Gasteiger partial charge in [0.25, 0.3) is 5.91 Å². The van der Waals surface area contributed by atoms with Crippen LogP contribution in [0.15, 0.2) is 42.7 Å². The van der Waals surface area contributed by atoms with Crippen molar-refractivity contribution < 1.29 is 9.18 Å². The highest BCUT2D eigenvalue weighted by Gasteiger charge is 2.24. The van der Waals surface area contributed by atoms with Crippen LogP contribution in [0.3, 0.4) is 0 Å². The van der Waals surface area contributed by atoms with Crippen molar-refractivity contribution in [1.82, 2.24) is 10.3 Å². The van der Waals surface area contributed by atoms with Crippen molar-refractivity contribution >= 4 is 5.91 Å². The summed E-state index contributed by atoms with van der Waals surface area (Å²) in [4.78, 5) is 15.7. The molecule has 0 spiro atoms. The van der Waals surface area contributed by atoms with Crippen molar-refractivity contribution in [3.63, 3.8) is 0 Å². The third-order valence-electron chi connectivity index (χ3n) is 3.46. The Labute approximate surface area is 110 Å². The molecule has 0 bridgehead atoms. The van der Waals surface area contributed by atoms with E-state index in [1.807, 2.05) is 18.2 Å². The Bertz CT molecular complexity index is 627. The number of aryl methyl sites for hydroxylation is 1. The number of benzene rings is 1. The van der Waals surface area contributed by atoms with Crippen LogP contribution in [0.5, 0.6) is 0 Å². The molecule has 3 rings (SSSR count). The van der Waals surface area contributed by atoms with Crippen LogP contribution in [0.4, 0.5) is 4.39 Å². The van der Waals surface area contributed by atoms with Crippen molar-refractivity contribution in [2.75, 3.05) is 0 Å². The second kappa shape index (κ2) is 4.80. The number of carbonyl (C=O) groups is 1. The van der Waals surface area contributed by atoms with Crippen LogP contribution < -0.4 is 5.32 Å². The quantitative estimate of drug-likeness (QED) is 0.897. The molecule has 0 saturated heterocycles. The third kappa shape index (κ3) is 2.21. The molecule has 19 heavy (non-hydrogen) atoms. The highest BCUT2D eigenvalue weighted by atomic mass is 19.1. The maximum atomic E-state index is 13.5. The number of halogens is 1. The number of hydrogen-bond donors (Lipinski definition) is 1. The van der Waals surface area contributed by atoms with Crippen molar-refractivity contribution in [2.45, 2.75) is 18.9 Å². The van der Waals surface area contributed by atoms with Crippen LogP contribution >= 0.6 is 0 Å². The van der Waals surface area contributed by atoms with E-state index < -0.39 is 5.82 Å². The van der Waals surface area contributed by atoms with Gasteiger partial charge in [0.15, 0.2) is 5.82 Å². The lowest BCUT2D eigenvalue weighted by Crippen LogP contribution is -2.27. The van der Waals surface area contributed by atoms with Gasteiger partial charge >= 0.3 is 0 Å². The number of carbonyl (C=O) groups excluding carboxylic acids is 1. The Morgan fingerprint density at radius 3 is 3.00 bits per heavy atom. The minimum absolute atomic E-state index is 0.0312. The third-order valence-corrected chi connectivity index (χ3v) is 3.46.